The van der Waals surface area contributed by atoms with Gasteiger partial charge in [-0.15, -0.1) is 23.7 Å². The minimum atomic E-state index is -0.0751. The Kier molecular flexibility index (Phi) is 7.20. The highest BCUT2D eigenvalue weighted by atomic mass is 35.5. The Balaban J connectivity index is 0.00000243. The average molecular weight is 394 g/mol. The van der Waals surface area contributed by atoms with Gasteiger partial charge in [0, 0.05) is 24.7 Å². The van der Waals surface area contributed by atoms with E-state index in [0.717, 1.165) is 18.5 Å². The topological polar surface area (TPSA) is 75.4 Å². The number of nitrogens with zero attached hydrogens (tertiary/aromatic N) is 1. The first kappa shape index (κ1) is 20.4. The molecule has 7 heteroatoms. The van der Waals surface area contributed by atoms with Gasteiger partial charge < -0.3 is 16.0 Å². The van der Waals surface area contributed by atoms with Gasteiger partial charge >= 0.3 is 0 Å². The Labute approximate surface area is 164 Å². The van der Waals surface area contributed by atoms with Crippen molar-refractivity contribution in [1.29, 1.82) is 0 Å². The van der Waals surface area contributed by atoms with Crippen LogP contribution in [0.1, 0.15) is 38.9 Å². The van der Waals surface area contributed by atoms with Gasteiger partial charge in [0.15, 0.2) is 0 Å². The molecule has 0 saturated carbocycles. The highest BCUT2D eigenvalue weighted by molar-refractivity contribution is 7.12. The quantitative estimate of drug-likeness (QED) is 0.820. The third-order valence-corrected chi connectivity index (χ3v) is 5.52. The van der Waals surface area contributed by atoms with Crippen molar-refractivity contribution in [3.63, 3.8) is 0 Å². The first-order chi connectivity index (χ1) is 12.1. The molecular formula is C19H24ClN3O2S. The maximum atomic E-state index is 12.7. The highest BCUT2D eigenvalue weighted by Gasteiger charge is 2.31. The summed E-state index contributed by atoms with van der Waals surface area (Å²) >= 11 is 1.42. The van der Waals surface area contributed by atoms with Gasteiger partial charge in [-0.2, -0.15) is 0 Å². The van der Waals surface area contributed by atoms with Crippen molar-refractivity contribution in [2.75, 3.05) is 13.1 Å². The van der Waals surface area contributed by atoms with E-state index < -0.39 is 0 Å². The highest BCUT2D eigenvalue weighted by Crippen LogP contribution is 2.24. The number of halogens is 1. The molecule has 2 aromatic rings. The summed E-state index contributed by atoms with van der Waals surface area (Å²) in [6.07, 6.45) is 0.967. The molecule has 1 aromatic carbocycles. The van der Waals surface area contributed by atoms with Gasteiger partial charge in [-0.05, 0) is 54.9 Å². The molecule has 5 nitrogen and oxygen atoms in total. The number of carbonyl (C=O) groups is 2. The van der Waals surface area contributed by atoms with Gasteiger partial charge in [0.05, 0.1) is 4.88 Å². The van der Waals surface area contributed by atoms with Crippen LogP contribution in [-0.4, -0.2) is 35.8 Å². The Hall–Kier alpha value is -1.89. The van der Waals surface area contributed by atoms with Crippen LogP contribution in [0, 0.1) is 5.92 Å². The molecule has 1 fully saturated rings. The second-order valence-electron chi connectivity index (χ2n) is 6.50. The van der Waals surface area contributed by atoms with Crippen molar-refractivity contribution in [2.45, 2.75) is 25.9 Å². The fourth-order valence-corrected chi connectivity index (χ4v) is 3.84. The average Bonchev–Trinajstić information content (AvgIpc) is 3.29. The van der Waals surface area contributed by atoms with Crippen molar-refractivity contribution in [3.8, 4) is 0 Å². The van der Waals surface area contributed by atoms with E-state index in [1.807, 2.05) is 40.6 Å². The van der Waals surface area contributed by atoms with E-state index in [9.17, 15) is 9.59 Å². The molecule has 1 aromatic heterocycles. The summed E-state index contributed by atoms with van der Waals surface area (Å²) in [6.45, 7) is 3.87. The standard InChI is InChI=1S/C19H23N3O2S.ClH/c1-13-9-15(10-20)12-22(13)19(24)16-6-4-14(5-7-16)11-21-18(23)17-3-2-8-25-17;/h2-8,13,15H,9-12,20H2,1H3,(H,21,23);1H. The van der Waals surface area contributed by atoms with Crippen LogP contribution >= 0.6 is 23.7 Å². The summed E-state index contributed by atoms with van der Waals surface area (Å²) in [4.78, 5) is 27.2. The first-order valence-corrected chi connectivity index (χ1v) is 9.38. The Morgan fingerprint density at radius 2 is 2.00 bits per heavy atom. The molecule has 3 N–H and O–H groups in total. The van der Waals surface area contributed by atoms with Crippen LogP contribution < -0.4 is 11.1 Å². The van der Waals surface area contributed by atoms with Gasteiger partial charge in [-0.1, -0.05) is 18.2 Å². The van der Waals surface area contributed by atoms with Gasteiger partial charge in [0.25, 0.3) is 11.8 Å². The number of hydrogen-bond acceptors (Lipinski definition) is 4. The van der Waals surface area contributed by atoms with Gasteiger partial charge in [0.1, 0.15) is 0 Å². The molecule has 140 valence electrons. The van der Waals surface area contributed by atoms with E-state index in [1.54, 1.807) is 6.07 Å². The third kappa shape index (κ3) is 4.63. The van der Waals surface area contributed by atoms with Crippen molar-refractivity contribution < 1.29 is 9.59 Å². The zero-order valence-corrected chi connectivity index (χ0v) is 16.3. The summed E-state index contributed by atoms with van der Waals surface area (Å²) in [5, 5.41) is 4.77. The molecule has 0 radical (unpaired) electrons. The van der Waals surface area contributed by atoms with E-state index in [-0.39, 0.29) is 30.3 Å². The Bertz CT molecular complexity index is 734. The molecule has 0 aliphatic carbocycles. The van der Waals surface area contributed by atoms with Crippen LogP contribution in [0.15, 0.2) is 41.8 Å². The van der Waals surface area contributed by atoms with E-state index in [2.05, 4.69) is 12.2 Å². The van der Waals surface area contributed by atoms with Crippen molar-refractivity contribution in [1.82, 2.24) is 10.2 Å². The maximum Gasteiger partial charge on any atom is 0.261 e. The predicted molar refractivity (Wildman–Crippen MR) is 107 cm³/mol. The zero-order valence-electron chi connectivity index (χ0n) is 14.7. The first-order valence-electron chi connectivity index (χ1n) is 8.50. The fraction of sp³-hybridized carbons (Fsp3) is 0.368. The van der Waals surface area contributed by atoms with E-state index >= 15 is 0 Å². The van der Waals surface area contributed by atoms with Crippen molar-refractivity contribution in [3.05, 3.63) is 57.8 Å². The maximum absolute atomic E-state index is 12.7. The number of carbonyl (C=O) groups excluding carboxylic acids is 2. The number of rotatable bonds is 5. The zero-order chi connectivity index (χ0) is 17.8. The van der Waals surface area contributed by atoms with Crippen LogP contribution in [0.2, 0.25) is 0 Å². The monoisotopic (exact) mass is 393 g/mol. The Morgan fingerprint density at radius 3 is 2.58 bits per heavy atom. The number of benzene rings is 1. The lowest BCUT2D eigenvalue weighted by molar-refractivity contribution is 0.0743. The fourth-order valence-electron chi connectivity index (χ4n) is 3.20. The number of nitrogens with one attached hydrogen (secondary N) is 1. The number of likely N-dealkylation sites (tertiary alicyclic amines) is 1. The molecule has 2 heterocycles. The molecule has 1 saturated heterocycles. The SMILES string of the molecule is CC1CC(CN)CN1C(=O)c1ccc(CNC(=O)c2cccs2)cc1.Cl. The molecule has 1 aliphatic heterocycles. The molecule has 1 aliphatic rings. The summed E-state index contributed by atoms with van der Waals surface area (Å²) in [7, 11) is 0. The molecule has 0 spiro atoms. The largest absolute Gasteiger partial charge is 0.347 e. The van der Waals surface area contributed by atoms with Crippen LogP contribution in [0.3, 0.4) is 0 Å². The van der Waals surface area contributed by atoms with Gasteiger partial charge in [0.2, 0.25) is 0 Å². The summed E-state index contributed by atoms with van der Waals surface area (Å²) < 4.78 is 0. The normalized spacial score (nSPS) is 19.1. The smallest absolute Gasteiger partial charge is 0.261 e. The molecule has 2 unspecified atom stereocenters. The molecule has 0 bridgehead atoms. The van der Waals surface area contributed by atoms with E-state index in [0.29, 0.717) is 29.4 Å². The van der Waals surface area contributed by atoms with E-state index in [1.165, 1.54) is 11.3 Å². The van der Waals surface area contributed by atoms with Crippen molar-refractivity contribution >= 4 is 35.6 Å². The second-order valence-corrected chi connectivity index (χ2v) is 7.45. The molecule has 3 rings (SSSR count). The third-order valence-electron chi connectivity index (χ3n) is 4.65. The second kappa shape index (κ2) is 9.16. The van der Waals surface area contributed by atoms with Crippen LogP contribution in [0.25, 0.3) is 0 Å². The lowest BCUT2D eigenvalue weighted by atomic mass is 10.1. The number of nitrogens with two attached hydrogens (primary N) is 1. The molecule has 26 heavy (non-hydrogen) atoms. The number of thiophene rings is 1. The van der Waals surface area contributed by atoms with Crippen LogP contribution in [0.4, 0.5) is 0 Å². The summed E-state index contributed by atoms with van der Waals surface area (Å²) in [5.74, 6) is 0.372. The predicted octanol–water partition coefficient (Wildman–Crippen LogP) is 2.91. The number of amides is 2. The van der Waals surface area contributed by atoms with Crippen molar-refractivity contribution in [2.24, 2.45) is 11.7 Å². The minimum absolute atomic E-state index is 0. The van der Waals surface area contributed by atoms with Gasteiger partial charge in [-0.25, -0.2) is 0 Å². The number of hydrogen-bond donors (Lipinski definition) is 2. The van der Waals surface area contributed by atoms with Gasteiger partial charge in [-0.3, -0.25) is 9.59 Å². The van der Waals surface area contributed by atoms with Crippen LogP contribution in [-0.2, 0) is 6.54 Å². The summed E-state index contributed by atoms with van der Waals surface area (Å²) in [6, 6.07) is 11.3. The molecular weight excluding hydrogens is 370 g/mol. The Morgan fingerprint density at radius 1 is 1.27 bits per heavy atom. The van der Waals surface area contributed by atoms with Crippen LogP contribution in [0.5, 0.6) is 0 Å². The minimum Gasteiger partial charge on any atom is -0.347 e. The van der Waals surface area contributed by atoms with E-state index in [4.69, 9.17) is 5.73 Å². The molecule has 2 amide bonds. The molecule has 2 atom stereocenters. The summed E-state index contributed by atoms with van der Waals surface area (Å²) in [5.41, 5.74) is 7.38. The lowest BCUT2D eigenvalue weighted by Crippen LogP contribution is -2.34. The lowest BCUT2D eigenvalue weighted by Gasteiger charge is -2.21.